The first-order valence-electron chi connectivity index (χ1n) is 9.54. The van der Waals surface area contributed by atoms with Gasteiger partial charge in [-0.05, 0) is 39.0 Å². The van der Waals surface area contributed by atoms with Crippen LogP contribution in [0.3, 0.4) is 0 Å². The van der Waals surface area contributed by atoms with Gasteiger partial charge in [-0.1, -0.05) is 6.58 Å². The van der Waals surface area contributed by atoms with Gasteiger partial charge >= 0.3 is 0 Å². The predicted octanol–water partition coefficient (Wildman–Crippen LogP) is -2.32. The lowest BCUT2D eigenvalue weighted by atomic mass is 9.75. The Morgan fingerprint density at radius 2 is 1.79 bits per heavy atom. The first kappa shape index (κ1) is 24.2. The van der Waals surface area contributed by atoms with Crippen LogP contribution in [0, 0.1) is 0 Å². The zero-order chi connectivity index (χ0) is 22.2. The Bertz CT molecular complexity index is 647. The quantitative estimate of drug-likeness (QED) is 0.175. The maximum absolute atomic E-state index is 12.8. The number of amides is 4. The van der Waals surface area contributed by atoms with Crippen molar-refractivity contribution in [3.8, 4) is 0 Å². The molecule has 3 atom stereocenters. The summed E-state index contributed by atoms with van der Waals surface area (Å²) in [6, 6.07) is -2.29. The van der Waals surface area contributed by atoms with E-state index in [0.29, 0.717) is 25.8 Å². The summed E-state index contributed by atoms with van der Waals surface area (Å²) >= 11 is 0. The van der Waals surface area contributed by atoms with E-state index in [0.717, 1.165) is 6.42 Å². The van der Waals surface area contributed by atoms with Crippen LogP contribution in [-0.4, -0.2) is 59.0 Å². The lowest BCUT2D eigenvalue weighted by Crippen LogP contribution is -2.65. The molecule has 1 saturated carbocycles. The molecule has 9 N–H and O–H groups in total. The second-order valence-electron chi connectivity index (χ2n) is 7.37. The molecule has 0 radical (unpaired) electrons. The molecule has 11 heteroatoms. The molecule has 11 nitrogen and oxygen atoms in total. The number of aliphatic hydroxyl groups excluding tert-OH is 1. The fourth-order valence-corrected chi connectivity index (χ4v) is 3.08. The summed E-state index contributed by atoms with van der Waals surface area (Å²) in [5.41, 5.74) is 9.61. The van der Waals surface area contributed by atoms with Crippen LogP contribution in [0.25, 0.3) is 0 Å². The minimum Gasteiger partial charge on any atom is -0.391 e. The van der Waals surface area contributed by atoms with E-state index >= 15 is 0 Å². The van der Waals surface area contributed by atoms with Gasteiger partial charge in [-0.2, -0.15) is 0 Å². The zero-order valence-electron chi connectivity index (χ0n) is 16.9. The Hall–Kier alpha value is -2.82. The summed E-state index contributed by atoms with van der Waals surface area (Å²) < 4.78 is 0. The predicted molar refractivity (Wildman–Crippen MR) is 106 cm³/mol. The molecule has 164 valence electrons. The summed E-state index contributed by atoms with van der Waals surface area (Å²) in [6.45, 7) is 6.57. The minimum absolute atomic E-state index is 0.222. The van der Waals surface area contributed by atoms with Crippen molar-refractivity contribution >= 4 is 23.6 Å². The molecule has 0 aromatic rings. The topological polar surface area (TPSA) is 189 Å². The summed E-state index contributed by atoms with van der Waals surface area (Å²) in [5.74, 6) is -2.09. The van der Waals surface area contributed by atoms with E-state index in [2.05, 4.69) is 27.8 Å². The number of hydrogen-bond donors (Lipinski definition) is 7. The molecule has 0 spiro atoms. The highest BCUT2D eigenvalue weighted by molar-refractivity contribution is 5.96. The van der Waals surface area contributed by atoms with Gasteiger partial charge in [0.1, 0.15) is 17.6 Å². The molecule has 0 bridgehead atoms. The normalized spacial score (nSPS) is 17.6. The molecule has 1 aliphatic rings. The van der Waals surface area contributed by atoms with E-state index in [1.54, 1.807) is 0 Å². The van der Waals surface area contributed by atoms with E-state index < -0.39 is 41.4 Å². The van der Waals surface area contributed by atoms with E-state index in [-0.39, 0.29) is 18.1 Å². The largest absolute Gasteiger partial charge is 0.391 e. The number of rotatable bonds is 12. The van der Waals surface area contributed by atoms with Crippen LogP contribution in [0.15, 0.2) is 12.4 Å². The summed E-state index contributed by atoms with van der Waals surface area (Å²) in [4.78, 5) is 48.4. The average molecular weight is 412 g/mol. The Morgan fingerprint density at radius 3 is 2.21 bits per heavy atom. The highest BCUT2D eigenvalue weighted by Gasteiger charge is 2.46. The minimum atomic E-state index is -1.29. The molecule has 0 saturated heterocycles. The van der Waals surface area contributed by atoms with Crippen LogP contribution in [0.4, 0.5) is 0 Å². The number of carbonyl (C=O) groups is 4. The molecule has 0 aromatic heterocycles. The maximum Gasteiger partial charge on any atom is 0.246 e. The third-order valence-electron chi connectivity index (χ3n) is 4.79. The average Bonchev–Trinajstić information content (AvgIpc) is 2.57. The molecule has 29 heavy (non-hydrogen) atoms. The van der Waals surface area contributed by atoms with Gasteiger partial charge < -0.3 is 37.8 Å². The van der Waals surface area contributed by atoms with Crippen molar-refractivity contribution in [3.63, 3.8) is 0 Å². The number of nitrogens with two attached hydrogens (primary N) is 2. The molecular formula is C18H32N6O5. The lowest BCUT2D eigenvalue weighted by molar-refractivity contribution is -0.139. The third-order valence-corrected chi connectivity index (χ3v) is 4.79. The van der Waals surface area contributed by atoms with Crippen molar-refractivity contribution in [2.45, 2.75) is 69.7 Å². The molecule has 4 amide bonds. The Balaban J connectivity index is 2.87. The first-order chi connectivity index (χ1) is 13.5. The molecule has 1 rings (SSSR count). The van der Waals surface area contributed by atoms with Crippen LogP contribution in [-0.2, 0) is 19.2 Å². The van der Waals surface area contributed by atoms with E-state index in [1.807, 2.05) is 0 Å². The molecule has 1 fully saturated rings. The fourth-order valence-electron chi connectivity index (χ4n) is 3.08. The number of carbonyl (C=O) groups excluding carboxylic acids is 4. The SMILES string of the molecule is C=C(N)NCCC[C@H](NC(=O)C1(NC(C)=O)CCC1)C(=O)N[C@H](C(N)=O)[C@@H](C)O. The standard InChI is InChI=1S/C18H32N6O5/c1-10(25)14(15(20)27)23-16(28)13(6-4-9-21-11(2)19)22-17(29)18(7-5-8-18)24-12(3)26/h10,13-14,21,25H,2,4-9,19H2,1,3H3,(H2,20,27)(H,22,29)(H,23,28)(H,24,26)/t10-,13+,14+/m1/s1. The van der Waals surface area contributed by atoms with Gasteiger partial charge in [-0.15, -0.1) is 0 Å². The van der Waals surface area contributed by atoms with Gasteiger partial charge in [0.25, 0.3) is 0 Å². The smallest absolute Gasteiger partial charge is 0.246 e. The zero-order valence-corrected chi connectivity index (χ0v) is 16.9. The van der Waals surface area contributed by atoms with Crippen molar-refractivity contribution in [2.24, 2.45) is 11.5 Å². The molecule has 0 aliphatic heterocycles. The van der Waals surface area contributed by atoms with Gasteiger partial charge in [0.05, 0.1) is 11.9 Å². The van der Waals surface area contributed by atoms with E-state index in [9.17, 15) is 24.3 Å². The van der Waals surface area contributed by atoms with E-state index in [4.69, 9.17) is 11.5 Å². The van der Waals surface area contributed by atoms with Crippen LogP contribution in [0.2, 0.25) is 0 Å². The van der Waals surface area contributed by atoms with Crippen LogP contribution < -0.4 is 32.7 Å². The van der Waals surface area contributed by atoms with Gasteiger partial charge in [-0.25, -0.2) is 0 Å². The molecule has 0 aromatic carbocycles. The van der Waals surface area contributed by atoms with Crippen molar-refractivity contribution in [3.05, 3.63) is 12.4 Å². The Kier molecular flexibility index (Phi) is 8.89. The fraction of sp³-hybridized carbons (Fsp3) is 0.667. The van der Waals surface area contributed by atoms with Crippen LogP contribution >= 0.6 is 0 Å². The molecule has 0 heterocycles. The third kappa shape index (κ3) is 7.26. The van der Waals surface area contributed by atoms with Gasteiger partial charge in [0.2, 0.25) is 23.6 Å². The number of nitrogens with one attached hydrogen (secondary N) is 4. The first-order valence-corrected chi connectivity index (χ1v) is 9.54. The lowest BCUT2D eigenvalue weighted by Gasteiger charge is -2.41. The van der Waals surface area contributed by atoms with Crippen LogP contribution in [0.1, 0.15) is 46.0 Å². The van der Waals surface area contributed by atoms with Gasteiger partial charge in [0, 0.05) is 13.5 Å². The van der Waals surface area contributed by atoms with Crippen LogP contribution in [0.5, 0.6) is 0 Å². The molecule has 1 aliphatic carbocycles. The Labute approximate surface area is 170 Å². The second kappa shape index (κ2) is 10.6. The number of primary amides is 1. The van der Waals surface area contributed by atoms with Crippen molar-refractivity contribution in [1.82, 2.24) is 21.3 Å². The summed E-state index contributed by atoms with van der Waals surface area (Å²) in [7, 11) is 0. The van der Waals surface area contributed by atoms with Gasteiger partial charge in [-0.3, -0.25) is 19.2 Å². The van der Waals surface area contributed by atoms with E-state index in [1.165, 1.54) is 13.8 Å². The number of aliphatic hydroxyl groups is 1. The maximum atomic E-state index is 12.8. The molecule has 0 unspecified atom stereocenters. The number of hydrogen-bond acceptors (Lipinski definition) is 7. The molecular weight excluding hydrogens is 380 g/mol. The second-order valence-corrected chi connectivity index (χ2v) is 7.37. The Morgan fingerprint density at radius 1 is 1.17 bits per heavy atom. The van der Waals surface area contributed by atoms with Crippen molar-refractivity contribution < 1.29 is 24.3 Å². The summed E-state index contributed by atoms with van der Waals surface area (Å²) in [5, 5.41) is 20.2. The van der Waals surface area contributed by atoms with Gasteiger partial charge in [0.15, 0.2) is 0 Å². The highest BCUT2D eigenvalue weighted by Crippen LogP contribution is 2.32. The highest BCUT2D eigenvalue weighted by atomic mass is 16.3. The summed E-state index contributed by atoms with van der Waals surface area (Å²) in [6.07, 6.45) is 1.19. The van der Waals surface area contributed by atoms with Crippen molar-refractivity contribution in [1.29, 1.82) is 0 Å². The monoisotopic (exact) mass is 412 g/mol. The van der Waals surface area contributed by atoms with Crippen molar-refractivity contribution in [2.75, 3.05) is 6.54 Å².